The first-order valence-corrected chi connectivity index (χ1v) is 8.49. The Labute approximate surface area is 145 Å². The van der Waals surface area contributed by atoms with Gasteiger partial charge in [0, 0.05) is 29.9 Å². The van der Waals surface area contributed by atoms with E-state index in [-0.39, 0.29) is 11.5 Å². The lowest BCUT2D eigenvalue weighted by atomic mass is 10.1. The highest BCUT2D eigenvalue weighted by molar-refractivity contribution is 6.05. The predicted octanol–water partition coefficient (Wildman–Crippen LogP) is 3.52. The largest absolute Gasteiger partial charge is 0.464 e. The van der Waals surface area contributed by atoms with Gasteiger partial charge < -0.3 is 14.3 Å². The maximum Gasteiger partial charge on any atom is 0.254 e. The third kappa shape index (κ3) is 2.97. The molecule has 0 saturated heterocycles. The number of hydrogen-bond donors (Lipinski definition) is 1. The highest BCUT2D eigenvalue weighted by atomic mass is 16.3. The second kappa shape index (κ2) is 5.92. The highest BCUT2D eigenvalue weighted by Gasteiger charge is 2.36. The summed E-state index contributed by atoms with van der Waals surface area (Å²) in [6.45, 7) is 2.58. The smallest absolute Gasteiger partial charge is 0.254 e. The number of H-pyrrole nitrogens is 1. The van der Waals surface area contributed by atoms with Gasteiger partial charge in [-0.1, -0.05) is 25.1 Å². The number of nitrogens with zero attached hydrogens (tertiary/aromatic N) is 1. The molecular formula is C20H20N2O3. The number of carbonyl (C=O) groups excluding carboxylic acids is 1. The van der Waals surface area contributed by atoms with Gasteiger partial charge in [0.15, 0.2) is 0 Å². The molecule has 2 aromatic heterocycles. The first-order chi connectivity index (χ1) is 12.0. The molecule has 4 rings (SSSR count). The van der Waals surface area contributed by atoms with Crippen LogP contribution in [0.4, 0.5) is 0 Å². The van der Waals surface area contributed by atoms with Crippen LogP contribution in [0, 0.1) is 5.92 Å². The topological polar surface area (TPSA) is 66.3 Å². The van der Waals surface area contributed by atoms with Crippen molar-refractivity contribution < 1.29 is 9.21 Å². The molecule has 1 aliphatic carbocycles. The standard InChI is InChI=1S/C20H20N2O3/c1-12-9-15(12)18-8-7-13(25-18)11-22(2)20(24)16-10-19(23)21-17-6-4-3-5-14(16)17/h3-8,10,12,15H,9,11H2,1-2H3,(H,21,23)/t12-,15+/m1/s1. The fourth-order valence-corrected chi connectivity index (χ4v) is 3.29. The molecular weight excluding hydrogens is 316 g/mol. The van der Waals surface area contributed by atoms with E-state index >= 15 is 0 Å². The summed E-state index contributed by atoms with van der Waals surface area (Å²) in [5.41, 5.74) is 0.789. The molecule has 1 amide bonds. The number of benzene rings is 1. The maximum atomic E-state index is 12.9. The molecule has 1 aromatic carbocycles. The van der Waals surface area contributed by atoms with Gasteiger partial charge in [-0.25, -0.2) is 0 Å². The lowest BCUT2D eigenvalue weighted by Gasteiger charge is -2.17. The average molecular weight is 336 g/mol. The lowest BCUT2D eigenvalue weighted by Crippen LogP contribution is -2.27. The Morgan fingerprint density at radius 2 is 2.04 bits per heavy atom. The molecule has 1 fully saturated rings. The fourth-order valence-electron chi connectivity index (χ4n) is 3.29. The van der Waals surface area contributed by atoms with E-state index in [1.165, 1.54) is 12.5 Å². The highest BCUT2D eigenvalue weighted by Crippen LogP contribution is 2.47. The summed E-state index contributed by atoms with van der Waals surface area (Å²) in [4.78, 5) is 29.1. The molecule has 128 valence electrons. The van der Waals surface area contributed by atoms with E-state index in [2.05, 4.69) is 11.9 Å². The number of rotatable bonds is 4. The van der Waals surface area contributed by atoms with Crippen LogP contribution in [0.1, 0.15) is 41.1 Å². The number of para-hydroxylation sites is 1. The molecule has 1 saturated carbocycles. The van der Waals surface area contributed by atoms with Crippen molar-refractivity contribution in [3.8, 4) is 0 Å². The van der Waals surface area contributed by atoms with Crippen LogP contribution in [0.2, 0.25) is 0 Å². The second-order valence-corrected chi connectivity index (χ2v) is 6.88. The van der Waals surface area contributed by atoms with Crippen LogP contribution in [-0.2, 0) is 6.54 Å². The molecule has 0 radical (unpaired) electrons. The minimum Gasteiger partial charge on any atom is -0.464 e. The minimum absolute atomic E-state index is 0.194. The summed E-state index contributed by atoms with van der Waals surface area (Å²) >= 11 is 0. The number of aromatic amines is 1. The van der Waals surface area contributed by atoms with E-state index in [1.54, 1.807) is 18.0 Å². The van der Waals surface area contributed by atoms with E-state index in [9.17, 15) is 9.59 Å². The van der Waals surface area contributed by atoms with Crippen LogP contribution >= 0.6 is 0 Å². The van der Waals surface area contributed by atoms with Crippen LogP contribution in [0.15, 0.2) is 51.7 Å². The van der Waals surface area contributed by atoms with Gasteiger partial charge >= 0.3 is 0 Å². The number of aromatic nitrogens is 1. The Balaban J connectivity index is 1.58. The lowest BCUT2D eigenvalue weighted by molar-refractivity contribution is 0.0776. The SMILES string of the molecule is C[C@@H]1C[C@@H]1c1ccc(CN(C)C(=O)c2cc(=O)[nH]c3ccccc23)o1. The zero-order chi connectivity index (χ0) is 17.6. The van der Waals surface area contributed by atoms with E-state index in [1.807, 2.05) is 30.3 Å². The Morgan fingerprint density at radius 3 is 2.80 bits per heavy atom. The second-order valence-electron chi connectivity index (χ2n) is 6.88. The van der Waals surface area contributed by atoms with Crippen molar-refractivity contribution in [1.82, 2.24) is 9.88 Å². The van der Waals surface area contributed by atoms with E-state index in [0.717, 1.165) is 16.9 Å². The van der Waals surface area contributed by atoms with Gasteiger partial charge in [-0.05, 0) is 30.5 Å². The van der Waals surface area contributed by atoms with Gasteiger partial charge in [-0.3, -0.25) is 9.59 Å². The van der Waals surface area contributed by atoms with Crippen molar-refractivity contribution >= 4 is 16.8 Å². The summed E-state index contributed by atoms with van der Waals surface area (Å²) < 4.78 is 5.88. The zero-order valence-corrected chi connectivity index (χ0v) is 14.3. The summed E-state index contributed by atoms with van der Waals surface area (Å²) in [6.07, 6.45) is 1.17. The van der Waals surface area contributed by atoms with E-state index < -0.39 is 0 Å². The zero-order valence-electron chi connectivity index (χ0n) is 14.3. The van der Waals surface area contributed by atoms with Gasteiger partial charge in [0.1, 0.15) is 11.5 Å². The number of pyridine rings is 1. The van der Waals surface area contributed by atoms with Gasteiger partial charge in [-0.2, -0.15) is 0 Å². The number of fused-ring (bicyclic) bond motifs is 1. The molecule has 0 unspecified atom stereocenters. The fraction of sp³-hybridized carbons (Fsp3) is 0.300. The number of hydrogen-bond acceptors (Lipinski definition) is 3. The molecule has 25 heavy (non-hydrogen) atoms. The Kier molecular flexibility index (Phi) is 3.71. The van der Waals surface area contributed by atoms with Gasteiger partial charge in [0.05, 0.1) is 12.1 Å². The van der Waals surface area contributed by atoms with Crippen molar-refractivity contribution in [2.45, 2.75) is 25.8 Å². The molecule has 0 aliphatic heterocycles. The van der Waals surface area contributed by atoms with Gasteiger partial charge in [0.2, 0.25) is 5.56 Å². The van der Waals surface area contributed by atoms with Gasteiger partial charge in [0.25, 0.3) is 5.91 Å². The Bertz CT molecular complexity index is 1000. The number of carbonyl (C=O) groups is 1. The number of nitrogens with one attached hydrogen (secondary N) is 1. The monoisotopic (exact) mass is 336 g/mol. The maximum absolute atomic E-state index is 12.9. The van der Waals surface area contributed by atoms with Crippen molar-refractivity contribution in [3.05, 3.63) is 69.9 Å². The third-order valence-electron chi connectivity index (χ3n) is 4.88. The van der Waals surface area contributed by atoms with Crippen molar-refractivity contribution in [3.63, 3.8) is 0 Å². The van der Waals surface area contributed by atoms with E-state index in [4.69, 9.17) is 4.42 Å². The summed E-state index contributed by atoms with van der Waals surface area (Å²) in [7, 11) is 1.72. The molecule has 2 atom stereocenters. The first kappa shape index (κ1) is 15.7. The quantitative estimate of drug-likeness (QED) is 0.793. The molecule has 3 aromatic rings. The van der Waals surface area contributed by atoms with Crippen LogP contribution in [-0.4, -0.2) is 22.8 Å². The predicted molar refractivity (Wildman–Crippen MR) is 95.6 cm³/mol. The third-order valence-corrected chi connectivity index (χ3v) is 4.88. The summed E-state index contributed by atoms with van der Waals surface area (Å²) in [6, 6.07) is 12.6. The molecule has 0 spiro atoms. The molecule has 2 heterocycles. The van der Waals surface area contributed by atoms with Crippen molar-refractivity contribution in [1.29, 1.82) is 0 Å². The van der Waals surface area contributed by atoms with Gasteiger partial charge in [-0.15, -0.1) is 0 Å². The Morgan fingerprint density at radius 1 is 1.28 bits per heavy atom. The summed E-state index contributed by atoms with van der Waals surface area (Å²) in [5, 5.41) is 0.742. The summed E-state index contributed by atoms with van der Waals surface area (Å²) in [5.74, 6) is 2.77. The van der Waals surface area contributed by atoms with Crippen molar-refractivity contribution in [2.75, 3.05) is 7.05 Å². The molecule has 1 N–H and O–H groups in total. The molecule has 5 heteroatoms. The normalized spacial score (nSPS) is 19.1. The van der Waals surface area contributed by atoms with Crippen LogP contribution in [0.3, 0.4) is 0 Å². The average Bonchev–Trinajstić information content (AvgIpc) is 3.15. The van der Waals surface area contributed by atoms with E-state index in [0.29, 0.717) is 29.5 Å². The molecule has 0 bridgehead atoms. The Hall–Kier alpha value is -2.82. The van der Waals surface area contributed by atoms with Crippen LogP contribution in [0.25, 0.3) is 10.9 Å². The molecule has 5 nitrogen and oxygen atoms in total. The minimum atomic E-state index is -0.279. The van der Waals surface area contributed by atoms with Crippen molar-refractivity contribution in [2.24, 2.45) is 5.92 Å². The van der Waals surface area contributed by atoms with Crippen LogP contribution < -0.4 is 5.56 Å². The van der Waals surface area contributed by atoms with Crippen LogP contribution in [0.5, 0.6) is 0 Å². The number of amides is 1. The first-order valence-electron chi connectivity index (χ1n) is 8.49. The number of furan rings is 1. The molecule has 1 aliphatic rings.